The molecule has 0 atom stereocenters. The van der Waals surface area contributed by atoms with Crippen LogP contribution in [0.4, 0.5) is 34.1 Å². The van der Waals surface area contributed by atoms with Gasteiger partial charge in [0, 0.05) is 44.7 Å². The summed E-state index contributed by atoms with van der Waals surface area (Å²) in [5, 5.41) is 2.57. The molecular weight excluding hydrogens is 749 g/mol. The van der Waals surface area contributed by atoms with Crippen molar-refractivity contribution >= 4 is 50.5 Å². The van der Waals surface area contributed by atoms with Crippen LogP contribution in [0.3, 0.4) is 0 Å². The Hall–Kier alpha value is -6.90. The zero-order chi connectivity index (χ0) is 41.7. The fourth-order valence-electron chi connectivity index (χ4n) is 11.6. The van der Waals surface area contributed by atoms with Crippen molar-refractivity contribution in [3.63, 3.8) is 0 Å². The van der Waals surface area contributed by atoms with Crippen LogP contribution in [0.15, 0.2) is 188 Å². The molecule has 0 radical (unpaired) electrons. The first-order chi connectivity index (χ1) is 30.3. The molecule has 8 aromatic rings. The lowest BCUT2D eigenvalue weighted by Crippen LogP contribution is -2.19. The summed E-state index contributed by atoms with van der Waals surface area (Å²) in [7, 11) is 0. The number of aryl methyl sites for hydroxylation is 2. The molecule has 0 bridgehead atoms. The van der Waals surface area contributed by atoms with Crippen molar-refractivity contribution in [2.75, 3.05) is 9.80 Å². The van der Waals surface area contributed by atoms with Gasteiger partial charge in [0.1, 0.15) is 0 Å². The van der Waals surface area contributed by atoms with Gasteiger partial charge in [-0.2, -0.15) is 0 Å². The minimum atomic E-state index is -0.0781. The molecule has 4 aliphatic carbocycles. The monoisotopic (exact) mass is 798 g/mol. The Balaban J connectivity index is 0.983. The third-order valence-corrected chi connectivity index (χ3v) is 14.6. The highest BCUT2D eigenvalue weighted by Crippen LogP contribution is 2.54. The van der Waals surface area contributed by atoms with E-state index in [1.165, 1.54) is 100 Å². The van der Waals surface area contributed by atoms with E-state index >= 15 is 0 Å². The van der Waals surface area contributed by atoms with Gasteiger partial charge < -0.3 is 9.80 Å². The van der Waals surface area contributed by atoms with Crippen molar-refractivity contribution in [2.45, 2.75) is 64.2 Å². The molecular formula is C60H50N2. The van der Waals surface area contributed by atoms with Gasteiger partial charge in [-0.1, -0.05) is 149 Å². The van der Waals surface area contributed by atoms with Crippen molar-refractivity contribution in [2.24, 2.45) is 0 Å². The summed E-state index contributed by atoms with van der Waals surface area (Å²) in [6.45, 7) is 9.58. The molecule has 0 spiro atoms. The van der Waals surface area contributed by atoms with Gasteiger partial charge in [-0.3, -0.25) is 0 Å². The second-order valence-corrected chi connectivity index (χ2v) is 18.7. The third kappa shape index (κ3) is 5.49. The van der Waals surface area contributed by atoms with Gasteiger partial charge in [-0.05, 0) is 159 Å². The zero-order valence-corrected chi connectivity index (χ0v) is 36.0. The Bertz CT molecular complexity index is 3180. The molecule has 300 valence electrons. The molecule has 8 aromatic carbocycles. The first-order valence-electron chi connectivity index (χ1n) is 22.5. The Kier molecular flexibility index (Phi) is 8.22. The lowest BCUT2D eigenvalue weighted by molar-refractivity contribution is 0.607. The number of para-hydroxylation sites is 2. The van der Waals surface area contributed by atoms with Gasteiger partial charge in [0.25, 0.3) is 0 Å². The molecule has 62 heavy (non-hydrogen) atoms. The summed E-state index contributed by atoms with van der Waals surface area (Å²) < 4.78 is 0. The Morgan fingerprint density at radius 2 is 0.968 bits per heavy atom. The van der Waals surface area contributed by atoms with E-state index in [2.05, 4.69) is 220 Å². The lowest BCUT2D eigenvalue weighted by atomic mass is 9.78. The summed E-state index contributed by atoms with van der Waals surface area (Å²) in [5.41, 5.74) is 23.9. The molecule has 0 N–H and O–H groups in total. The molecule has 0 fully saturated rings. The molecule has 0 unspecified atom stereocenters. The molecule has 0 aliphatic heterocycles. The molecule has 0 heterocycles. The van der Waals surface area contributed by atoms with Crippen LogP contribution in [0.5, 0.6) is 0 Å². The topological polar surface area (TPSA) is 6.48 Å². The van der Waals surface area contributed by atoms with Gasteiger partial charge in [-0.25, -0.2) is 0 Å². The van der Waals surface area contributed by atoms with Crippen molar-refractivity contribution < 1.29 is 0 Å². The molecule has 2 heteroatoms. The molecule has 4 aliphatic rings. The van der Waals surface area contributed by atoms with E-state index in [0.29, 0.717) is 0 Å². The number of fused-ring (bicyclic) bond motifs is 10. The van der Waals surface area contributed by atoms with Crippen molar-refractivity contribution in [1.29, 1.82) is 0 Å². The fraction of sp³-hybridized carbons (Fsp3) is 0.167. The van der Waals surface area contributed by atoms with E-state index in [4.69, 9.17) is 0 Å². The van der Waals surface area contributed by atoms with Gasteiger partial charge in [0.2, 0.25) is 0 Å². The van der Waals surface area contributed by atoms with Crippen LogP contribution in [0.25, 0.3) is 38.6 Å². The number of hydrogen-bond donors (Lipinski definition) is 0. The average Bonchev–Trinajstić information content (AvgIpc) is 3.68. The first-order valence-corrected chi connectivity index (χ1v) is 22.5. The second-order valence-electron chi connectivity index (χ2n) is 18.7. The summed E-state index contributed by atoms with van der Waals surface area (Å²) in [6.07, 6.45) is 8.92. The van der Waals surface area contributed by atoms with Crippen LogP contribution in [-0.2, 0) is 23.7 Å². The highest BCUT2D eigenvalue weighted by atomic mass is 15.1. The van der Waals surface area contributed by atoms with E-state index in [1.54, 1.807) is 5.57 Å². The number of nitrogens with zero attached hydrogens (tertiary/aromatic N) is 2. The van der Waals surface area contributed by atoms with E-state index in [0.717, 1.165) is 31.4 Å². The molecule has 0 saturated heterocycles. The largest absolute Gasteiger partial charge is 0.310 e. The predicted molar refractivity (Wildman–Crippen MR) is 262 cm³/mol. The summed E-state index contributed by atoms with van der Waals surface area (Å²) >= 11 is 0. The number of anilines is 6. The molecule has 0 saturated carbocycles. The van der Waals surface area contributed by atoms with Gasteiger partial charge >= 0.3 is 0 Å². The van der Waals surface area contributed by atoms with Crippen molar-refractivity contribution in [3.8, 4) is 22.3 Å². The quantitative estimate of drug-likeness (QED) is 0.165. The number of hydrogen-bond acceptors (Lipinski definition) is 2. The smallest absolute Gasteiger partial charge is 0.0543 e. The second kappa shape index (κ2) is 13.8. The Morgan fingerprint density at radius 3 is 1.73 bits per heavy atom. The van der Waals surface area contributed by atoms with Gasteiger partial charge in [0.15, 0.2) is 0 Å². The number of allylic oxidation sites excluding steroid dienone is 4. The van der Waals surface area contributed by atoms with E-state index in [-0.39, 0.29) is 10.8 Å². The standard InChI is InChI=1S/C60H50N2/c1-59(2)53-25-15-13-21-47(53)49-33-30-44(37-55(49)59)61(41-17-7-5-8-18-41)43-29-32-46-39(35-43)27-28-40-36-57(51-23-11-12-24-52(51)58(40)46)62(42-19-9-6-10-20-42)45-31-34-50-48-22-14-16-26-54(48)60(3,4)56(50)38-45/h5-15,17-25,29-38H,16,26-28H2,1-4H3. The van der Waals surface area contributed by atoms with E-state index in [9.17, 15) is 0 Å². The van der Waals surface area contributed by atoms with Crippen LogP contribution < -0.4 is 9.80 Å². The SMILES string of the molecule is CC1(C)C2=C(C=CCC2)c2ccc(N(c3ccccc3)c3cc4c(c5ccccc35)-c3ccc(N(c5ccccc5)c5ccc6c(c5)C(C)(C)c5ccccc5-6)cc3CC4)cc21. The number of benzene rings is 8. The first kappa shape index (κ1) is 36.9. The van der Waals surface area contributed by atoms with E-state index < -0.39 is 0 Å². The molecule has 0 amide bonds. The van der Waals surface area contributed by atoms with Crippen LogP contribution in [0, 0.1) is 0 Å². The van der Waals surface area contributed by atoms with Crippen molar-refractivity contribution in [1.82, 2.24) is 0 Å². The van der Waals surface area contributed by atoms with Crippen LogP contribution in [0.1, 0.15) is 73.9 Å². The Labute approximate surface area is 366 Å². The summed E-state index contributed by atoms with van der Waals surface area (Å²) in [5.74, 6) is 0. The highest BCUT2D eigenvalue weighted by Gasteiger charge is 2.39. The Morgan fingerprint density at radius 1 is 0.403 bits per heavy atom. The maximum Gasteiger partial charge on any atom is 0.0543 e. The minimum Gasteiger partial charge on any atom is -0.310 e. The molecule has 12 rings (SSSR count). The lowest BCUT2D eigenvalue weighted by Gasteiger charge is -2.32. The van der Waals surface area contributed by atoms with Crippen molar-refractivity contribution in [3.05, 3.63) is 221 Å². The maximum atomic E-state index is 2.51. The fourth-order valence-corrected chi connectivity index (χ4v) is 11.6. The van der Waals surface area contributed by atoms with Crippen LogP contribution >= 0.6 is 0 Å². The van der Waals surface area contributed by atoms with E-state index in [1.807, 2.05) is 0 Å². The summed E-state index contributed by atoms with van der Waals surface area (Å²) in [6, 6.07) is 63.9. The molecule has 0 aromatic heterocycles. The number of rotatable bonds is 6. The van der Waals surface area contributed by atoms with Crippen LogP contribution in [0.2, 0.25) is 0 Å². The molecule has 2 nitrogen and oxygen atoms in total. The highest BCUT2D eigenvalue weighted by molar-refractivity contribution is 6.08. The minimum absolute atomic E-state index is 0.00659. The average molecular weight is 799 g/mol. The maximum absolute atomic E-state index is 2.51. The van der Waals surface area contributed by atoms with Gasteiger partial charge in [-0.15, -0.1) is 0 Å². The summed E-state index contributed by atoms with van der Waals surface area (Å²) in [4.78, 5) is 4.97. The zero-order valence-electron chi connectivity index (χ0n) is 36.0. The van der Waals surface area contributed by atoms with Crippen LogP contribution in [-0.4, -0.2) is 0 Å². The predicted octanol–water partition coefficient (Wildman–Crippen LogP) is 16.2. The normalized spacial score (nSPS) is 15.9. The van der Waals surface area contributed by atoms with Gasteiger partial charge in [0.05, 0.1) is 5.69 Å². The third-order valence-electron chi connectivity index (χ3n) is 14.6.